The lowest BCUT2D eigenvalue weighted by Gasteiger charge is -2.12. The highest BCUT2D eigenvalue weighted by Crippen LogP contribution is 2.11. The molecule has 1 heterocycles. The third kappa shape index (κ3) is 2.63. The maximum absolute atomic E-state index is 10.8. The van der Waals surface area contributed by atoms with E-state index in [2.05, 4.69) is 19.9 Å². The molecule has 1 aliphatic rings. The van der Waals surface area contributed by atoms with Gasteiger partial charge in [0.2, 0.25) is 0 Å². The average Bonchev–Trinajstić information content (AvgIpc) is 2.03. The molecular weight excluding hydrogens is 224 g/mol. The van der Waals surface area contributed by atoms with E-state index in [4.69, 9.17) is 4.55 Å². The van der Waals surface area contributed by atoms with Crippen molar-refractivity contribution < 1.29 is 42.4 Å². The molecule has 1 N–H and O–H groups in total. The average molecular weight is 228 g/mol. The summed E-state index contributed by atoms with van der Waals surface area (Å²) in [5, 5.41) is 4.98. The Morgan fingerprint density at radius 3 is 2.36 bits per heavy atom. The summed E-state index contributed by atoms with van der Waals surface area (Å²) in [6, 6.07) is 0. The zero-order chi connectivity index (χ0) is 10.8. The molecule has 1 aliphatic heterocycles. The lowest BCUT2D eigenvalue weighted by Crippen LogP contribution is -2.36. The zero-order valence-corrected chi connectivity index (χ0v) is 7.22. The Kier molecular flexibility index (Phi) is 3.00. The summed E-state index contributed by atoms with van der Waals surface area (Å²) in [6.07, 6.45) is -0.930. The smallest absolute Gasteiger partial charge is 0.285 e. The van der Waals surface area contributed by atoms with Crippen LogP contribution in [-0.4, -0.2) is 30.2 Å². The molecule has 0 spiro atoms. The summed E-state index contributed by atoms with van der Waals surface area (Å²) in [4.78, 5) is 28.8. The van der Waals surface area contributed by atoms with Crippen LogP contribution in [0.4, 0.5) is 0 Å². The Balaban J connectivity index is 2.87. The molecular formula is C4H4O9S. The van der Waals surface area contributed by atoms with Crippen LogP contribution in [0.1, 0.15) is 6.42 Å². The molecule has 0 aliphatic carbocycles. The molecule has 0 bridgehead atoms. The predicted molar refractivity (Wildman–Crippen MR) is 34.3 cm³/mol. The molecule has 1 atom stereocenters. The Morgan fingerprint density at radius 1 is 1.21 bits per heavy atom. The van der Waals surface area contributed by atoms with Gasteiger partial charge in [-0.3, -0.25) is 14.3 Å². The largest absolute Gasteiger partial charge is 0.366 e. The highest BCUT2D eigenvalue weighted by atomic mass is 32.2. The van der Waals surface area contributed by atoms with Crippen molar-refractivity contribution >= 4 is 22.1 Å². The Morgan fingerprint density at radius 2 is 1.79 bits per heavy atom. The van der Waals surface area contributed by atoms with Crippen molar-refractivity contribution in [1.82, 2.24) is 0 Å². The van der Waals surface area contributed by atoms with E-state index in [1.54, 1.807) is 0 Å². The SMILES string of the molecule is O=C1CC(S(=O)(=O)O)C(=O)OOOO1. The molecule has 1 rings (SSSR count). The van der Waals surface area contributed by atoms with Gasteiger partial charge in [-0.2, -0.15) is 8.42 Å². The second-order valence-electron chi connectivity index (χ2n) is 2.20. The topological polar surface area (TPSA) is 125 Å². The molecule has 0 radical (unpaired) electrons. The van der Waals surface area contributed by atoms with Gasteiger partial charge in [-0.1, -0.05) is 0 Å². The van der Waals surface area contributed by atoms with Gasteiger partial charge in [-0.05, 0) is 0 Å². The molecule has 80 valence electrons. The van der Waals surface area contributed by atoms with Crippen LogP contribution in [0.3, 0.4) is 0 Å². The summed E-state index contributed by atoms with van der Waals surface area (Å²) in [7, 11) is -4.76. The lowest BCUT2D eigenvalue weighted by atomic mass is 10.3. The van der Waals surface area contributed by atoms with Crippen molar-refractivity contribution in [1.29, 1.82) is 0 Å². The van der Waals surface area contributed by atoms with Crippen LogP contribution in [0.5, 0.6) is 0 Å². The summed E-state index contributed by atoms with van der Waals surface area (Å²) in [5.74, 6) is -2.69. The zero-order valence-electron chi connectivity index (χ0n) is 6.41. The normalized spacial score (nSPS) is 24.5. The van der Waals surface area contributed by atoms with Gasteiger partial charge in [-0.25, -0.2) is 9.59 Å². The minimum absolute atomic E-state index is 0.930. The first-order valence-electron chi connectivity index (χ1n) is 3.12. The number of carbonyl (C=O) groups excluding carboxylic acids is 2. The van der Waals surface area contributed by atoms with Gasteiger partial charge in [0.25, 0.3) is 10.1 Å². The van der Waals surface area contributed by atoms with Crippen LogP contribution in [-0.2, 0) is 39.6 Å². The van der Waals surface area contributed by atoms with Crippen molar-refractivity contribution in [3.8, 4) is 0 Å². The van der Waals surface area contributed by atoms with Crippen LogP contribution in [0.25, 0.3) is 0 Å². The van der Waals surface area contributed by atoms with Gasteiger partial charge >= 0.3 is 11.9 Å². The summed E-state index contributed by atoms with van der Waals surface area (Å²) >= 11 is 0. The van der Waals surface area contributed by atoms with Crippen LogP contribution in [0.15, 0.2) is 0 Å². The van der Waals surface area contributed by atoms with E-state index in [0.717, 1.165) is 0 Å². The molecule has 14 heavy (non-hydrogen) atoms. The van der Waals surface area contributed by atoms with Gasteiger partial charge in [-0.15, -0.1) is 0 Å². The summed E-state index contributed by atoms with van der Waals surface area (Å²) in [6.45, 7) is 0. The van der Waals surface area contributed by atoms with E-state index in [9.17, 15) is 18.0 Å². The van der Waals surface area contributed by atoms with Crippen LogP contribution in [0.2, 0.25) is 0 Å². The standard InChI is InChI=1S/C4H4O9S/c5-3-1-2(14(7,8)9)4(6)11-13-12-10-3/h2H,1H2,(H,7,8,9). The van der Waals surface area contributed by atoms with E-state index in [1.807, 2.05) is 0 Å². The van der Waals surface area contributed by atoms with Gasteiger partial charge in [0.05, 0.1) is 6.42 Å². The van der Waals surface area contributed by atoms with E-state index in [0.29, 0.717) is 0 Å². The number of hydrogen-bond donors (Lipinski definition) is 1. The number of hydrogen-bond acceptors (Lipinski definition) is 8. The molecule has 0 aromatic carbocycles. The maximum Gasteiger partial charge on any atom is 0.366 e. The number of carbonyl (C=O) groups is 2. The highest BCUT2D eigenvalue weighted by Gasteiger charge is 2.38. The Bertz CT molecular complexity index is 342. The van der Waals surface area contributed by atoms with E-state index in [-0.39, 0.29) is 0 Å². The lowest BCUT2D eigenvalue weighted by molar-refractivity contribution is -0.601. The van der Waals surface area contributed by atoms with Crippen LogP contribution < -0.4 is 0 Å². The first-order valence-corrected chi connectivity index (χ1v) is 4.62. The second kappa shape index (κ2) is 3.88. The predicted octanol–water partition coefficient (Wildman–Crippen LogP) is -1.49. The fourth-order valence-electron chi connectivity index (χ4n) is 0.649. The van der Waals surface area contributed by atoms with Crippen LogP contribution in [0, 0.1) is 0 Å². The molecule has 1 unspecified atom stereocenters. The molecule has 0 saturated carbocycles. The van der Waals surface area contributed by atoms with Crippen molar-refractivity contribution in [3.05, 3.63) is 0 Å². The minimum Gasteiger partial charge on any atom is -0.285 e. The molecule has 0 aromatic rings. The van der Waals surface area contributed by atoms with Crippen LogP contribution >= 0.6 is 0 Å². The van der Waals surface area contributed by atoms with Gasteiger partial charge in [0.15, 0.2) is 5.25 Å². The Labute approximate surface area is 77.0 Å². The third-order valence-corrected chi connectivity index (χ3v) is 2.32. The maximum atomic E-state index is 10.8. The Hall–Kier alpha value is -1.23. The molecule has 1 fully saturated rings. The van der Waals surface area contributed by atoms with E-state index in [1.165, 1.54) is 0 Å². The monoisotopic (exact) mass is 228 g/mol. The van der Waals surface area contributed by atoms with Gasteiger partial charge < -0.3 is 0 Å². The first kappa shape index (κ1) is 10.8. The number of rotatable bonds is 1. The summed E-state index contributed by atoms with van der Waals surface area (Å²) < 4.78 is 29.6. The quantitative estimate of drug-likeness (QED) is 0.421. The highest BCUT2D eigenvalue weighted by molar-refractivity contribution is 7.87. The van der Waals surface area contributed by atoms with E-state index >= 15 is 0 Å². The molecule has 0 aromatic heterocycles. The molecule has 10 heteroatoms. The third-order valence-electron chi connectivity index (χ3n) is 1.25. The van der Waals surface area contributed by atoms with Gasteiger partial charge in [0, 0.05) is 10.1 Å². The molecule has 0 amide bonds. The fraction of sp³-hybridized carbons (Fsp3) is 0.500. The molecule has 9 nitrogen and oxygen atoms in total. The second-order valence-corrected chi connectivity index (χ2v) is 3.80. The van der Waals surface area contributed by atoms with Gasteiger partial charge in [0.1, 0.15) is 0 Å². The van der Waals surface area contributed by atoms with Crippen molar-refractivity contribution in [2.75, 3.05) is 0 Å². The van der Waals surface area contributed by atoms with Crippen molar-refractivity contribution in [3.63, 3.8) is 0 Å². The first-order chi connectivity index (χ1) is 6.41. The van der Waals surface area contributed by atoms with Crippen molar-refractivity contribution in [2.45, 2.75) is 11.7 Å². The summed E-state index contributed by atoms with van der Waals surface area (Å²) in [5.41, 5.74) is 0. The van der Waals surface area contributed by atoms with E-state index < -0.39 is 33.7 Å². The molecule has 1 saturated heterocycles. The van der Waals surface area contributed by atoms with Crippen molar-refractivity contribution in [2.24, 2.45) is 0 Å². The minimum atomic E-state index is -4.76. The fourth-order valence-corrected chi connectivity index (χ4v) is 1.28.